The highest BCUT2D eigenvalue weighted by molar-refractivity contribution is 5.88. The summed E-state index contributed by atoms with van der Waals surface area (Å²) < 4.78 is 5.68. The number of nitrogens with one attached hydrogen (secondary N) is 1. The summed E-state index contributed by atoms with van der Waals surface area (Å²) in [5.41, 5.74) is 5.28. The lowest BCUT2D eigenvalue weighted by atomic mass is 9.54. The van der Waals surface area contributed by atoms with Crippen molar-refractivity contribution >= 4 is 5.91 Å². The maximum absolute atomic E-state index is 12.5. The highest BCUT2D eigenvalue weighted by Crippen LogP contribution is 2.49. The predicted molar refractivity (Wildman–Crippen MR) is 84.0 cm³/mol. The molecule has 1 saturated heterocycles. The van der Waals surface area contributed by atoms with Gasteiger partial charge in [0.15, 0.2) is 0 Å². The molecule has 122 valence electrons. The Hall–Kier alpha value is -0.650. The summed E-state index contributed by atoms with van der Waals surface area (Å²) in [4.78, 5) is 14.9. The molecular weight excluding hydrogens is 266 g/mol. The van der Waals surface area contributed by atoms with Crippen LogP contribution in [0, 0.1) is 11.3 Å². The van der Waals surface area contributed by atoms with E-state index in [-0.39, 0.29) is 17.4 Å². The Balaban J connectivity index is 1.86. The zero-order valence-electron chi connectivity index (χ0n) is 13.9. The number of hydrogen-bond donors (Lipinski definition) is 2. The van der Waals surface area contributed by atoms with E-state index >= 15 is 0 Å². The van der Waals surface area contributed by atoms with Gasteiger partial charge in [0.1, 0.15) is 5.54 Å². The van der Waals surface area contributed by atoms with E-state index < -0.39 is 5.54 Å². The maximum atomic E-state index is 12.5. The molecule has 5 nitrogen and oxygen atoms in total. The molecule has 2 fully saturated rings. The molecule has 0 aromatic carbocycles. The van der Waals surface area contributed by atoms with Crippen LogP contribution in [0.5, 0.6) is 0 Å². The molecule has 2 rings (SSSR count). The van der Waals surface area contributed by atoms with Crippen LogP contribution in [0.25, 0.3) is 0 Å². The van der Waals surface area contributed by atoms with Gasteiger partial charge in [-0.15, -0.1) is 0 Å². The van der Waals surface area contributed by atoms with Crippen LogP contribution in [0.2, 0.25) is 0 Å². The van der Waals surface area contributed by atoms with E-state index in [1.54, 1.807) is 0 Å². The molecule has 1 amide bonds. The van der Waals surface area contributed by atoms with Gasteiger partial charge in [-0.2, -0.15) is 0 Å². The van der Waals surface area contributed by atoms with Crippen LogP contribution in [-0.2, 0) is 9.53 Å². The van der Waals surface area contributed by atoms with Gasteiger partial charge in [0.25, 0.3) is 0 Å². The van der Waals surface area contributed by atoms with Gasteiger partial charge in [0.2, 0.25) is 5.91 Å². The Morgan fingerprint density at radius 3 is 2.76 bits per heavy atom. The van der Waals surface area contributed by atoms with Gasteiger partial charge in [-0.1, -0.05) is 13.8 Å². The van der Waals surface area contributed by atoms with Crippen molar-refractivity contribution in [2.75, 3.05) is 33.3 Å². The van der Waals surface area contributed by atoms with E-state index in [9.17, 15) is 4.79 Å². The molecule has 21 heavy (non-hydrogen) atoms. The maximum Gasteiger partial charge on any atom is 0.240 e. The van der Waals surface area contributed by atoms with Crippen LogP contribution < -0.4 is 11.1 Å². The Bertz CT molecular complexity index is 386. The summed E-state index contributed by atoms with van der Waals surface area (Å²) in [6, 6.07) is 0. The van der Waals surface area contributed by atoms with Gasteiger partial charge in [0, 0.05) is 31.5 Å². The zero-order chi connectivity index (χ0) is 15.7. The Morgan fingerprint density at radius 1 is 1.48 bits per heavy atom. The first kappa shape index (κ1) is 16.7. The minimum absolute atomic E-state index is 0.0170. The van der Waals surface area contributed by atoms with Gasteiger partial charge in [-0.05, 0) is 39.3 Å². The molecule has 0 aromatic heterocycles. The second kappa shape index (κ2) is 6.23. The summed E-state index contributed by atoms with van der Waals surface area (Å²) in [6.45, 7) is 9.66. The monoisotopic (exact) mass is 297 g/mol. The topological polar surface area (TPSA) is 67.6 Å². The van der Waals surface area contributed by atoms with Crippen LogP contribution in [0.4, 0.5) is 0 Å². The van der Waals surface area contributed by atoms with Crippen molar-refractivity contribution in [1.29, 1.82) is 0 Å². The third-order valence-electron chi connectivity index (χ3n) is 5.51. The molecule has 1 heterocycles. The van der Waals surface area contributed by atoms with Gasteiger partial charge in [0.05, 0.1) is 6.10 Å². The van der Waals surface area contributed by atoms with Crippen LogP contribution in [0.15, 0.2) is 0 Å². The number of nitrogens with zero attached hydrogens (tertiary/aromatic N) is 1. The zero-order valence-corrected chi connectivity index (χ0v) is 13.9. The number of amides is 1. The summed E-state index contributed by atoms with van der Waals surface area (Å²) in [7, 11) is 2.14. The molecule has 0 aromatic rings. The average molecular weight is 297 g/mol. The molecule has 1 aliphatic carbocycles. The molecule has 3 N–H and O–H groups in total. The number of carbonyl (C=O) groups excluding carboxylic acids is 1. The molecular formula is C16H31N3O2. The van der Waals surface area contributed by atoms with Gasteiger partial charge in [-0.3, -0.25) is 4.79 Å². The van der Waals surface area contributed by atoms with Crippen LogP contribution in [0.3, 0.4) is 0 Å². The summed E-state index contributed by atoms with van der Waals surface area (Å²) in [6.07, 6.45) is 3.10. The van der Waals surface area contributed by atoms with Crippen LogP contribution >= 0.6 is 0 Å². The number of carbonyl (C=O) groups is 1. The van der Waals surface area contributed by atoms with Crippen molar-refractivity contribution in [2.24, 2.45) is 17.1 Å². The van der Waals surface area contributed by atoms with Crippen molar-refractivity contribution in [1.82, 2.24) is 10.2 Å². The van der Waals surface area contributed by atoms with E-state index in [0.717, 1.165) is 19.6 Å². The fourth-order valence-corrected chi connectivity index (χ4v) is 3.66. The first-order valence-corrected chi connectivity index (χ1v) is 8.18. The smallest absolute Gasteiger partial charge is 0.240 e. The van der Waals surface area contributed by atoms with E-state index in [1.165, 1.54) is 12.8 Å². The van der Waals surface area contributed by atoms with E-state index in [0.29, 0.717) is 18.9 Å². The highest BCUT2D eigenvalue weighted by atomic mass is 16.5. The quantitative estimate of drug-likeness (QED) is 0.794. The van der Waals surface area contributed by atoms with E-state index in [2.05, 4.69) is 17.3 Å². The number of nitrogens with two attached hydrogens (primary N) is 1. The summed E-state index contributed by atoms with van der Waals surface area (Å²) in [5, 5.41) is 3.09. The largest absolute Gasteiger partial charge is 0.378 e. The predicted octanol–water partition coefficient (Wildman–Crippen LogP) is 0.977. The third-order valence-corrected chi connectivity index (χ3v) is 5.51. The Labute approximate surface area is 128 Å². The first-order valence-electron chi connectivity index (χ1n) is 8.18. The first-order chi connectivity index (χ1) is 9.81. The van der Waals surface area contributed by atoms with Crippen LogP contribution in [0.1, 0.15) is 40.0 Å². The summed E-state index contributed by atoms with van der Waals surface area (Å²) >= 11 is 0. The van der Waals surface area contributed by atoms with Crippen molar-refractivity contribution in [3.05, 3.63) is 0 Å². The minimum atomic E-state index is -0.798. The number of piperidine rings is 1. The molecule has 2 aliphatic rings. The molecule has 3 atom stereocenters. The highest BCUT2D eigenvalue weighted by Gasteiger charge is 2.62. The molecule has 1 saturated carbocycles. The normalized spacial score (nSPS) is 36.0. The van der Waals surface area contributed by atoms with Gasteiger partial charge >= 0.3 is 0 Å². The third kappa shape index (κ3) is 3.10. The number of rotatable bonds is 5. The standard InChI is InChI=1S/C16H31N3O2/c1-5-21-13-9-16(17,15(13,2)3)14(20)18-10-12-7-6-8-19(4)11-12/h12-13H,5-11,17H2,1-4H3,(H,18,20). The lowest BCUT2D eigenvalue weighted by Crippen LogP contribution is -2.76. The second-order valence-electron chi connectivity index (χ2n) is 7.32. The van der Waals surface area contributed by atoms with Crippen molar-refractivity contribution in [3.8, 4) is 0 Å². The SMILES string of the molecule is CCOC1CC(N)(C(=O)NCC2CCCN(C)C2)C1(C)C. The lowest BCUT2D eigenvalue weighted by molar-refractivity contribution is -0.170. The Kier molecular flexibility index (Phi) is 4.96. The fourth-order valence-electron chi connectivity index (χ4n) is 3.66. The second-order valence-corrected chi connectivity index (χ2v) is 7.32. The van der Waals surface area contributed by atoms with Crippen molar-refractivity contribution < 1.29 is 9.53 Å². The Morgan fingerprint density at radius 2 is 2.19 bits per heavy atom. The number of hydrogen-bond acceptors (Lipinski definition) is 4. The average Bonchev–Trinajstić information content (AvgIpc) is 2.44. The lowest BCUT2D eigenvalue weighted by Gasteiger charge is -2.57. The van der Waals surface area contributed by atoms with Gasteiger partial charge in [-0.25, -0.2) is 0 Å². The minimum Gasteiger partial charge on any atom is -0.378 e. The van der Waals surface area contributed by atoms with Crippen LogP contribution in [-0.4, -0.2) is 55.7 Å². The van der Waals surface area contributed by atoms with E-state index in [4.69, 9.17) is 10.5 Å². The molecule has 0 radical (unpaired) electrons. The molecule has 1 aliphatic heterocycles. The fraction of sp³-hybridized carbons (Fsp3) is 0.938. The van der Waals surface area contributed by atoms with Gasteiger partial charge < -0.3 is 20.7 Å². The van der Waals surface area contributed by atoms with Crippen molar-refractivity contribution in [2.45, 2.75) is 51.7 Å². The number of likely N-dealkylation sites (tertiary alicyclic amines) is 1. The van der Waals surface area contributed by atoms with E-state index in [1.807, 2.05) is 20.8 Å². The summed E-state index contributed by atoms with van der Waals surface area (Å²) in [5.74, 6) is 0.527. The molecule has 0 spiro atoms. The molecule has 0 bridgehead atoms. The molecule has 5 heteroatoms. The molecule has 3 unspecified atom stereocenters. The number of ether oxygens (including phenoxy) is 1. The van der Waals surface area contributed by atoms with Crippen molar-refractivity contribution in [3.63, 3.8) is 0 Å².